The number of para-hydroxylation sites is 1. The van der Waals surface area contributed by atoms with E-state index in [1.165, 1.54) is 29.6 Å². The topological polar surface area (TPSA) is 65.7 Å². The highest BCUT2D eigenvalue weighted by atomic mass is 127. The molecule has 160 valence electrons. The number of aromatic nitrogens is 2. The third-order valence-corrected chi connectivity index (χ3v) is 4.87. The Morgan fingerprint density at radius 2 is 2.03 bits per heavy atom. The van der Waals surface area contributed by atoms with Gasteiger partial charge in [-0.2, -0.15) is 13.2 Å². The molecule has 2 N–H and O–H groups in total. The molecule has 1 atom stereocenters. The summed E-state index contributed by atoms with van der Waals surface area (Å²) in [6, 6.07) is 7.88. The first kappa shape index (κ1) is 23.5. The highest BCUT2D eigenvalue weighted by Crippen LogP contribution is 2.40. The van der Waals surface area contributed by atoms with Crippen LogP contribution in [0.25, 0.3) is 0 Å². The van der Waals surface area contributed by atoms with E-state index < -0.39 is 24.0 Å². The summed E-state index contributed by atoms with van der Waals surface area (Å²) in [5.74, 6) is 0.0727. The molecule has 2 heterocycles. The molecule has 0 bridgehead atoms. The molecule has 0 radical (unpaired) electrons. The fourth-order valence-corrected chi connectivity index (χ4v) is 3.42. The molecule has 6 nitrogen and oxygen atoms in total. The molecule has 1 aliphatic heterocycles. The van der Waals surface area contributed by atoms with Crippen molar-refractivity contribution >= 4 is 35.6 Å². The minimum absolute atomic E-state index is 0. The van der Waals surface area contributed by atoms with Crippen LogP contribution >= 0.6 is 24.0 Å². The number of hydrogen-bond acceptors (Lipinski definition) is 3. The molecule has 1 aromatic carbocycles. The third kappa shape index (κ3) is 4.68. The number of benzene rings is 1. The predicted molar refractivity (Wildman–Crippen MR) is 117 cm³/mol. The number of aliphatic imine (C=N–C) groups is 1. The van der Waals surface area contributed by atoms with Gasteiger partial charge in [0.1, 0.15) is 5.82 Å². The third-order valence-electron chi connectivity index (χ3n) is 4.87. The summed E-state index contributed by atoms with van der Waals surface area (Å²) >= 11 is 0. The highest BCUT2D eigenvalue weighted by Gasteiger charge is 2.57. The van der Waals surface area contributed by atoms with Crippen molar-refractivity contribution in [1.82, 2.24) is 14.9 Å². The maximum atomic E-state index is 13.6. The maximum Gasteiger partial charge on any atom is 0.424 e. The maximum absolute atomic E-state index is 13.6. The second-order valence-electron chi connectivity index (χ2n) is 6.74. The first-order chi connectivity index (χ1) is 13.3. The zero-order valence-corrected chi connectivity index (χ0v) is 18.6. The van der Waals surface area contributed by atoms with E-state index in [1.807, 2.05) is 36.1 Å². The van der Waals surface area contributed by atoms with Crippen molar-refractivity contribution in [3.63, 3.8) is 0 Å². The summed E-state index contributed by atoms with van der Waals surface area (Å²) in [4.78, 5) is 10.0. The second-order valence-corrected chi connectivity index (χ2v) is 6.74. The van der Waals surface area contributed by atoms with E-state index in [1.54, 1.807) is 0 Å². The number of hydrogen-bond donors (Lipinski definition) is 2. The zero-order chi connectivity index (χ0) is 20.4. The SMILES string of the molecule is CCNC(=NCCC(O)(c1nccn1C)C(F)(F)F)N1CCc2ccccc21.I. The van der Waals surface area contributed by atoms with E-state index in [9.17, 15) is 18.3 Å². The van der Waals surface area contributed by atoms with Gasteiger partial charge in [-0.15, -0.1) is 24.0 Å². The molecule has 0 saturated heterocycles. The van der Waals surface area contributed by atoms with Crippen molar-refractivity contribution < 1.29 is 18.3 Å². The molecule has 0 aliphatic carbocycles. The first-order valence-corrected chi connectivity index (χ1v) is 9.18. The fraction of sp³-hybridized carbons (Fsp3) is 0.474. The van der Waals surface area contributed by atoms with Crippen LogP contribution in [0.1, 0.15) is 24.7 Å². The van der Waals surface area contributed by atoms with Gasteiger partial charge in [-0.05, 0) is 25.0 Å². The van der Waals surface area contributed by atoms with E-state index in [-0.39, 0.29) is 30.5 Å². The lowest BCUT2D eigenvalue weighted by molar-refractivity contribution is -0.272. The Morgan fingerprint density at radius 3 is 2.66 bits per heavy atom. The molecule has 1 unspecified atom stereocenters. The monoisotopic (exact) mass is 523 g/mol. The lowest BCUT2D eigenvalue weighted by Crippen LogP contribution is -2.45. The molecule has 10 heteroatoms. The summed E-state index contributed by atoms with van der Waals surface area (Å²) in [7, 11) is 1.42. The van der Waals surface area contributed by atoms with Gasteiger partial charge in [-0.3, -0.25) is 4.99 Å². The van der Waals surface area contributed by atoms with Crippen LogP contribution in [0, 0.1) is 0 Å². The molecular formula is C19H25F3IN5O. The van der Waals surface area contributed by atoms with Gasteiger partial charge >= 0.3 is 6.18 Å². The average molecular weight is 523 g/mol. The molecule has 3 rings (SSSR count). The van der Waals surface area contributed by atoms with Crippen molar-refractivity contribution in [2.45, 2.75) is 31.5 Å². The van der Waals surface area contributed by atoms with Gasteiger partial charge in [0.05, 0.1) is 0 Å². The number of guanidine groups is 1. The Hall–Kier alpha value is -1.82. The lowest BCUT2D eigenvalue weighted by atomic mass is 9.98. The number of anilines is 1. The van der Waals surface area contributed by atoms with Gasteiger partial charge in [-0.1, -0.05) is 18.2 Å². The largest absolute Gasteiger partial charge is 0.424 e. The van der Waals surface area contributed by atoms with Crippen LogP contribution in [-0.2, 0) is 19.1 Å². The van der Waals surface area contributed by atoms with Gasteiger partial charge in [0.15, 0.2) is 5.96 Å². The van der Waals surface area contributed by atoms with Gasteiger partial charge in [-0.25, -0.2) is 4.98 Å². The van der Waals surface area contributed by atoms with E-state index in [2.05, 4.69) is 15.3 Å². The molecule has 1 aromatic heterocycles. The Labute approximate surface area is 184 Å². The van der Waals surface area contributed by atoms with Crippen molar-refractivity contribution in [3.8, 4) is 0 Å². The molecule has 0 saturated carbocycles. The molecule has 29 heavy (non-hydrogen) atoms. The van der Waals surface area contributed by atoms with Crippen molar-refractivity contribution in [1.29, 1.82) is 0 Å². The fourth-order valence-electron chi connectivity index (χ4n) is 3.42. The van der Waals surface area contributed by atoms with Crippen molar-refractivity contribution in [2.75, 3.05) is 24.5 Å². The van der Waals surface area contributed by atoms with Crippen molar-refractivity contribution in [3.05, 3.63) is 48.0 Å². The number of aliphatic hydroxyl groups is 1. The number of fused-ring (bicyclic) bond motifs is 1. The Kier molecular flexibility index (Phi) is 7.55. The van der Waals surface area contributed by atoms with Crippen molar-refractivity contribution in [2.24, 2.45) is 12.0 Å². The van der Waals surface area contributed by atoms with Crippen LogP contribution < -0.4 is 10.2 Å². The minimum Gasteiger partial charge on any atom is -0.374 e. The molecule has 1 aliphatic rings. The normalized spacial score (nSPS) is 16.2. The second kappa shape index (κ2) is 9.33. The van der Waals surface area contributed by atoms with Crippen LogP contribution in [0.5, 0.6) is 0 Å². The number of alkyl halides is 3. The molecule has 0 fully saturated rings. The number of imidazole rings is 1. The summed E-state index contributed by atoms with van der Waals surface area (Å²) in [5.41, 5.74) is -0.889. The number of nitrogens with zero attached hydrogens (tertiary/aromatic N) is 4. The van der Waals surface area contributed by atoms with Crippen LogP contribution in [0.2, 0.25) is 0 Å². The Bertz CT molecular complexity index is 854. The van der Waals surface area contributed by atoms with E-state index in [0.717, 1.165) is 12.1 Å². The standard InChI is InChI=1S/C19H24F3N5O.HI/c1-3-23-17(27-12-8-14-6-4-5-7-15(14)27)25-10-9-18(28,19(20,21)22)16-24-11-13-26(16)2;/h4-7,11,13,28H,3,8-10,12H2,1-2H3,(H,23,25);1H. The summed E-state index contributed by atoms with van der Waals surface area (Å²) in [5, 5.41) is 13.6. The number of aryl methyl sites for hydroxylation is 1. The Morgan fingerprint density at radius 1 is 1.31 bits per heavy atom. The van der Waals surface area contributed by atoms with Gasteiger partial charge in [0.25, 0.3) is 0 Å². The molecule has 2 aromatic rings. The average Bonchev–Trinajstić information content (AvgIpc) is 3.26. The molecule has 0 amide bonds. The van der Waals surface area contributed by atoms with Crippen LogP contribution in [0.15, 0.2) is 41.7 Å². The van der Waals surface area contributed by atoms with Gasteiger partial charge in [0, 0.05) is 51.2 Å². The predicted octanol–water partition coefficient (Wildman–Crippen LogP) is 3.21. The summed E-state index contributed by atoms with van der Waals surface area (Å²) in [6.07, 6.45) is -2.02. The zero-order valence-electron chi connectivity index (χ0n) is 16.3. The van der Waals surface area contributed by atoms with Crippen LogP contribution in [0.4, 0.5) is 18.9 Å². The number of halogens is 4. The van der Waals surface area contributed by atoms with Crippen LogP contribution in [-0.4, -0.2) is 46.4 Å². The summed E-state index contributed by atoms with van der Waals surface area (Å²) < 4.78 is 42.1. The van der Waals surface area contributed by atoms with E-state index in [0.29, 0.717) is 19.0 Å². The highest BCUT2D eigenvalue weighted by molar-refractivity contribution is 14.0. The van der Waals surface area contributed by atoms with Gasteiger partial charge in [0.2, 0.25) is 5.60 Å². The van der Waals surface area contributed by atoms with Gasteiger partial charge < -0.3 is 19.9 Å². The first-order valence-electron chi connectivity index (χ1n) is 9.18. The van der Waals surface area contributed by atoms with Crippen LogP contribution in [0.3, 0.4) is 0 Å². The lowest BCUT2D eigenvalue weighted by Gasteiger charge is -2.29. The molecular weight excluding hydrogens is 498 g/mol. The molecule has 0 spiro atoms. The quantitative estimate of drug-likeness (QED) is 0.359. The van der Waals surface area contributed by atoms with E-state index >= 15 is 0 Å². The number of rotatable bonds is 5. The number of nitrogens with one attached hydrogen (secondary N) is 1. The van der Waals surface area contributed by atoms with E-state index in [4.69, 9.17) is 0 Å². The summed E-state index contributed by atoms with van der Waals surface area (Å²) in [6.45, 7) is 2.98. The smallest absolute Gasteiger partial charge is 0.374 e. The minimum atomic E-state index is -4.86. The Balaban J connectivity index is 0.00000300.